The summed E-state index contributed by atoms with van der Waals surface area (Å²) in [5, 5.41) is 15.0. The van der Waals surface area contributed by atoms with Crippen LogP contribution in [-0.4, -0.2) is 35.3 Å². The third kappa shape index (κ3) is 2.81. The van der Waals surface area contributed by atoms with Crippen LogP contribution in [0.25, 0.3) is 16.9 Å². The van der Waals surface area contributed by atoms with Crippen molar-refractivity contribution in [1.29, 1.82) is 0 Å². The maximum Gasteiger partial charge on any atom is 0.247 e. The maximum atomic E-state index is 12.5. The molecule has 1 aliphatic heterocycles. The van der Waals surface area contributed by atoms with Crippen LogP contribution < -0.4 is 10.6 Å². The van der Waals surface area contributed by atoms with Crippen molar-refractivity contribution in [2.45, 2.75) is 32.1 Å². The molecule has 5 rings (SSSR count). The van der Waals surface area contributed by atoms with Gasteiger partial charge < -0.3 is 10.6 Å². The number of benzene rings is 1. The van der Waals surface area contributed by atoms with E-state index >= 15 is 0 Å². The van der Waals surface area contributed by atoms with Crippen molar-refractivity contribution in [3.05, 3.63) is 48.5 Å². The lowest BCUT2D eigenvalue weighted by molar-refractivity contribution is -0.120. The molecule has 1 atom stereocenters. The van der Waals surface area contributed by atoms with E-state index in [0.717, 1.165) is 35.3 Å². The number of nitrogens with one attached hydrogen (secondary N) is 2. The van der Waals surface area contributed by atoms with Crippen LogP contribution in [0.1, 0.15) is 32.3 Å². The fourth-order valence-electron chi connectivity index (χ4n) is 4.08. The highest BCUT2D eigenvalue weighted by atomic mass is 16.2. The predicted octanol–water partition coefficient (Wildman–Crippen LogP) is 3.28. The number of rotatable bonds is 5. The molecule has 1 aromatic carbocycles. The number of carbonyl (C=O) groups is 1. The van der Waals surface area contributed by atoms with Crippen LogP contribution >= 0.6 is 0 Å². The third-order valence-corrected chi connectivity index (χ3v) is 5.60. The SMILES string of the molecule is CCCC1(C)C(=O)Nc2cc(Nc3nc4c(-c5cnn(C)c5)nccn4n3)ccc21. The van der Waals surface area contributed by atoms with E-state index < -0.39 is 5.41 Å². The molecule has 3 aromatic heterocycles. The monoisotopic (exact) mass is 402 g/mol. The number of aryl methyl sites for hydroxylation is 1. The largest absolute Gasteiger partial charge is 0.325 e. The number of hydrogen-bond acceptors (Lipinski definition) is 6. The van der Waals surface area contributed by atoms with Crippen LogP contribution in [0.2, 0.25) is 0 Å². The van der Waals surface area contributed by atoms with E-state index in [4.69, 9.17) is 0 Å². The Balaban J connectivity index is 1.47. The standard InChI is InChI=1S/C21H22N8O/c1-4-7-21(2)15-6-5-14(10-16(15)25-19(21)30)24-20-26-18-17(13-11-23-28(3)12-13)22-8-9-29(18)27-20/h5-6,8-12H,4,7H2,1-3H3,(H,24,27)(H,25,30). The Morgan fingerprint density at radius 1 is 1.30 bits per heavy atom. The molecule has 2 N–H and O–H groups in total. The minimum Gasteiger partial charge on any atom is -0.325 e. The van der Waals surface area contributed by atoms with Gasteiger partial charge in [-0.3, -0.25) is 14.5 Å². The van der Waals surface area contributed by atoms with Crippen LogP contribution in [0.3, 0.4) is 0 Å². The first kappa shape index (κ1) is 18.3. The summed E-state index contributed by atoms with van der Waals surface area (Å²) in [5.41, 5.74) is 4.42. The first-order valence-corrected chi connectivity index (χ1v) is 9.91. The minimum absolute atomic E-state index is 0.0505. The normalized spacial score (nSPS) is 17.9. The van der Waals surface area contributed by atoms with Gasteiger partial charge in [-0.2, -0.15) is 10.1 Å². The van der Waals surface area contributed by atoms with Crippen LogP contribution in [0.4, 0.5) is 17.3 Å². The Morgan fingerprint density at radius 3 is 2.93 bits per heavy atom. The van der Waals surface area contributed by atoms with Crippen molar-refractivity contribution < 1.29 is 4.79 Å². The summed E-state index contributed by atoms with van der Waals surface area (Å²) in [7, 11) is 1.86. The molecular formula is C21H22N8O. The van der Waals surface area contributed by atoms with Crippen LogP contribution in [0, 0.1) is 0 Å². The smallest absolute Gasteiger partial charge is 0.247 e. The molecule has 30 heavy (non-hydrogen) atoms. The lowest BCUT2D eigenvalue weighted by Gasteiger charge is -2.21. The average molecular weight is 402 g/mol. The molecule has 9 heteroatoms. The molecular weight excluding hydrogens is 380 g/mol. The van der Waals surface area contributed by atoms with E-state index in [9.17, 15) is 4.79 Å². The molecule has 0 spiro atoms. The minimum atomic E-state index is -0.478. The van der Waals surface area contributed by atoms with Gasteiger partial charge in [0, 0.05) is 42.6 Å². The summed E-state index contributed by atoms with van der Waals surface area (Å²) in [5.74, 6) is 0.503. The summed E-state index contributed by atoms with van der Waals surface area (Å²) in [6, 6.07) is 5.89. The van der Waals surface area contributed by atoms with Crippen molar-refractivity contribution in [3.8, 4) is 11.3 Å². The van der Waals surface area contributed by atoms with Gasteiger partial charge in [0.2, 0.25) is 11.9 Å². The molecule has 1 unspecified atom stereocenters. The Hall–Kier alpha value is -3.75. The first-order valence-electron chi connectivity index (χ1n) is 9.91. The predicted molar refractivity (Wildman–Crippen MR) is 114 cm³/mol. The van der Waals surface area contributed by atoms with Gasteiger partial charge in [0.25, 0.3) is 0 Å². The zero-order chi connectivity index (χ0) is 20.9. The highest BCUT2D eigenvalue weighted by molar-refractivity contribution is 6.06. The number of anilines is 3. The van der Waals surface area contributed by atoms with Gasteiger partial charge >= 0.3 is 0 Å². The highest BCUT2D eigenvalue weighted by Crippen LogP contribution is 2.42. The van der Waals surface area contributed by atoms with Crippen molar-refractivity contribution in [2.75, 3.05) is 10.6 Å². The van der Waals surface area contributed by atoms with Crippen molar-refractivity contribution in [1.82, 2.24) is 29.4 Å². The number of hydrogen-bond donors (Lipinski definition) is 2. The van der Waals surface area contributed by atoms with Crippen molar-refractivity contribution in [3.63, 3.8) is 0 Å². The van der Waals surface area contributed by atoms with Crippen molar-refractivity contribution in [2.24, 2.45) is 7.05 Å². The topological polar surface area (TPSA) is 102 Å². The average Bonchev–Trinajstić information content (AvgIpc) is 3.38. The van der Waals surface area contributed by atoms with Crippen LogP contribution in [-0.2, 0) is 17.3 Å². The lowest BCUT2D eigenvalue weighted by atomic mass is 9.80. The molecule has 4 aromatic rings. The Labute approximate surface area is 173 Å². The second-order valence-electron chi connectivity index (χ2n) is 7.80. The van der Waals surface area contributed by atoms with E-state index in [2.05, 4.69) is 37.7 Å². The number of nitrogens with zero attached hydrogens (tertiary/aromatic N) is 6. The highest BCUT2D eigenvalue weighted by Gasteiger charge is 2.41. The molecule has 0 saturated carbocycles. The van der Waals surface area contributed by atoms with E-state index in [1.807, 2.05) is 38.4 Å². The maximum absolute atomic E-state index is 12.5. The molecule has 1 aliphatic rings. The first-order chi connectivity index (χ1) is 14.5. The molecule has 0 radical (unpaired) electrons. The zero-order valence-corrected chi connectivity index (χ0v) is 17.0. The molecule has 0 aliphatic carbocycles. The van der Waals surface area contributed by atoms with Gasteiger partial charge in [0.15, 0.2) is 5.65 Å². The Kier molecular flexibility index (Phi) is 4.05. The molecule has 0 saturated heterocycles. The summed E-state index contributed by atoms with van der Waals surface area (Å²) >= 11 is 0. The van der Waals surface area contributed by atoms with Gasteiger partial charge in [-0.15, -0.1) is 5.10 Å². The Morgan fingerprint density at radius 2 is 2.17 bits per heavy atom. The van der Waals surface area contributed by atoms with E-state index in [1.54, 1.807) is 27.8 Å². The Bertz CT molecular complexity index is 1270. The van der Waals surface area contributed by atoms with Gasteiger partial charge in [0.1, 0.15) is 5.69 Å². The molecule has 152 valence electrons. The lowest BCUT2D eigenvalue weighted by Crippen LogP contribution is -2.30. The molecule has 1 amide bonds. The van der Waals surface area contributed by atoms with E-state index in [-0.39, 0.29) is 5.91 Å². The number of carbonyl (C=O) groups excluding carboxylic acids is 1. The molecule has 9 nitrogen and oxygen atoms in total. The van der Waals surface area contributed by atoms with Gasteiger partial charge in [0.05, 0.1) is 11.6 Å². The number of amides is 1. The summed E-state index contributed by atoms with van der Waals surface area (Å²) in [4.78, 5) is 21.6. The van der Waals surface area contributed by atoms with Crippen LogP contribution in [0.5, 0.6) is 0 Å². The van der Waals surface area contributed by atoms with E-state index in [0.29, 0.717) is 17.3 Å². The summed E-state index contributed by atoms with van der Waals surface area (Å²) < 4.78 is 3.41. The fraction of sp³-hybridized carbons (Fsp3) is 0.286. The molecule has 4 heterocycles. The summed E-state index contributed by atoms with van der Waals surface area (Å²) in [6.45, 7) is 4.09. The quantitative estimate of drug-likeness (QED) is 0.531. The van der Waals surface area contributed by atoms with Gasteiger partial charge in [-0.05, 0) is 31.0 Å². The molecule has 0 fully saturated rings. The molecule has 0 bridgehead atoms. The second-order valence-corrected chi connectivity index (χ2v) is 7.80. The van der Waals surface area contributed by atoms with E-state index in [1.165, 1.54) is 0 Å². The number of fused-ring (bicyclic) bond motifs is 2. The summed E-state index contributed by atoms with van der Waals surface area (Å²) in [6.07, 6.45) is 8.85. The van der Waals surface area contributed by atoms with Crippen LogP contribution in [0.15, 0.2) is 43.0 Å². The van der Waals surface area contributed by atoms with Crippen molar-refractivity contribution >= 4 is 28.9 Å². The second kappa shape index (κ2) is 6.65. The zero-order valence-electron chi connectivity index (χ0n) is 17.0. The number of aromatic nitrogens is 6. The third-order valence-electron chi connectivity index (χ3n) is 5.60. The van der Waals surface area contributed by atoms with Gasteiger partial charge in [-0.1, -0.05) is 19.4 Å². The fourth-order valence-corrected chi connectivity index (χ4v) is 4.08. The van der Waals surface area contributed by atoms with Gasteiger partial charge in [-0.25, -0.2) is 4.52 Å².